The molecule has 4 rings (SSSR count). The Kier molecular flexibility index (Phi) is 3.78. The minimum Gasteiger partial charge on any atom is -0.481 e. The minimum atomic E-state index is -0.0346. The van der Waals surface area contributed by atoms with E-state index >= 15 is 0 Å². The smallest absolute Gasteiger partial charge is 0.180 e. The summed E-state index contributed by atoms with van der Waals surface area (Å²) in [6.45, 7) is 17.7. The molecule has 2 aliphatic heterocycles. The molecule has 4 heterocycles. The summed E-state index contributed by atoms with van der Waals surface area (Å²) in [6, 6.07) is 0.310. The van der Waals surface area contributed by atoms with Gasteiger partial charge in [0.2, 0.25) is 0 Å². The van der Waals surface area contributed by atoms with Crippen molar-refractivity contribution in [2.75, 3.05) is 18.0 Å². The zero-order valence-corrected chi connectivity index (χ0v) is 17.1. The van der Waals surface area contributed by atoms with E-state index in [2.05, 4.69) is 63.4 Å². The van der Waals surface area contributed by atoms with E-state index in [1.165, 1.54) is 5.56 Å². The first-order chi connectivity index (χ1) is 12.1. The molecular weight excluding hydrogens is 326 g/mol. The zero-order valence-electron chi connectivity index (χ0n) is 17.1. The Morgan fingerprint density at radius 2 is 1.85 bits per heavy atom. The highest BCUT2D eigenvalue weighted by Gasteiger charge is 2.49. The lowest BCUT2D eigenvalue weighted by Crippen LogP contribution is -2.57. The zero-order chi connectivity index (χ0) is 18.9. The first-order valence-electron chi connectivity index (χ1n) is 9.68. The molecule has 0 bridgehead atoms. The number of rotatable bonds is 1. The standard InChI is InChI=1S/C20H31N5O/c1-8-13-9-21-24-12-16-18(22-17(13)24)25(20(5,6)7)14-10-23(19(2,3)4)11-15(14)26-16/h9,12,14-15H,8,10-11H2,1-7H3. The predicted molar refractivity (Wildman–Crippen MR) is 104 cm³/mol. The fourth-order valence-electron chi connectivity index (χ4n) is 4.24. The van der Waals surface area contributed by atoms with E-state index in [9.17, 15) is 0 Å². The molecule has 2 aliphatic rings. The summed E-state index contributed by atoms with van der Waals surface area (Å²) in [4.78, 5) is 10.0. The second-order valence-electron chi connectivity index (χ2n) is 9.56. The monoisotopic (exact) mass is 357 g/mol. The molecule has 0 amide bonds. The number of aryl methyl sites for hydroxylation is 1. The third kappa shape index (κ3) is 2.66. The Morgan fingerprint density at radius 3 is 2.46 bits per heavy atom. The predicted octanol–water partition coefficient (Wildman–Crippen LogP) is 3.14. The molecule has 6 nitrogen and oxygen atoms in total. The number of aromatic nitrogens is 3. The van der Waals surface area contributed by atoms with E-state index in [1.807, 2.05) is 16.9 Å². The molecule has 0 radical (unpaired) electrons. The van der Waals surface area contributed by atoms with Gasteiger partial charge in [0.25, 0.3) is 0 Å². The summed E-state index contributed by atoms with van der Waals surface area (Å²) in [5.41, 5.74) is 2.21. The lowest BCUT2D eigenvalue weighted by atomic mass is 9.99. The van der Waals surface area contributed by atoms with Gasteiger partial charge in [0.1, 0.15) is 6.10 Å². The van der Waals surface area contributed by atoms with Gasteiger partial charge in [-0.05, 0) is 48.0 Å². The van der Waals surface area contributed by atoms with E-state index in [1.54, 1.807) is 0 Å². The maximum absolute atomic E-state index is 6.45. The number of hydrogen-bond donors (Lipinski definition) is 0. The third-order valence-electron chi connectivity index (χ3n) is 5.64. The second-order valence-corrected chi connectivity index (χ2v) is 9.56. The lowest BCUT2D eigenvalue weighted by molar-refractivity contribution is 0.135. The van der Waals surface area contributed by atoms with Gasteiger partial charge in [0.05, 0.1) is 18.4 Å². The van der Waals surface area contributed by atoms with E-state index in [4.69, 9.17) is 9.72 Å². The SMILES string of the molecule is CCc1cnn2cc3c(nc12)N(C(C)(C)C)C1CN(C(C)(C)C)CC1O3. The molecular formula is C20H31N5O. The van der Waals surface area contributed by atoms with Crippen LogP contribution in [-0.2, 0) is 6.42 Å². The van der Waals surface area contributed by atoms with Gasteiger partial charge >= 0.3 is 0 Å². The minimum absolute atomic E-state index is 0.0346. The molecule has 0 aliphatic carbocycles. The average molecular weight is 358 g/mol. The van der Waals surface area contributed by atoms with Crippen LogP contribution in [0, 0.1) is 0 Å². The molecule has 26 heavy (non-hydrogen) atoms. The Hall–Kier alpha value is -1.82. The average Bonchev–Trinajstić information content (AvgIpc) is 3.11. The van der Waals surface area contributed by atoms with Gasteiger partial charge in [0, 0.05) is 29.7 Å². The molecule has 2 aromatic rings. The molecule has 2 aromatic heterocycles. The van der Waals surface area contributed by atoms with Crippen LogP contribution in [0.2, 0.25) is 0 Å². The summed E-state index contributed by atoms with van der Waals surface area (Å²) in [5, 5.41) is 4.47. The van der Waals surface area contributed by atoms with E-state index in [-0.39, 0.29) is 17.2 Å². The van der Waals surface area contributed by atoms with Crippen LogP contribution in [0.15, 0.2) is 12.4 Å². The van der Waals surface area contributed by atoms with Crippen LogP contribution in [0.4, 0.5) is 5.82 Å². The van der Waals surface area contributed by atoms with Crippen molar-refractivity contribution in [1.29, 1.82) is 0 Å². The fourth-order valence-corrected chi connectivity index (χ4v) is 4.24. The molecule has 0 spiro atoms. The Labute approximate surface area is 156 Å². The van der Waals surface area contributed by atoms with Gasteiger partial charge in [-0.2, -0.15) is 5.10 Å². The summed E-state index contributed by atoms with van der Waals surface area (Å²) < 4.78 is 8.31. The van der Waals surface area contributed by atoms with Crippen LogP contribution in [0.5, 0.6) is 5.75 Å². The van der Waals surface area contributed by atoms with Crippen molar-refractivity contribution in [3.8, 4) is 5.75 Å². The number of ether oxygens (including phenoxy) is 1. The molecule has 0 N–H and O–H groups in total. The Balaban J connectivity index is 1.83. The molecule has 1 saturated heterocycles. The van der Waals surface area contributed by atoms with Gasteiger partial charge in [-0.25, -0.2) is 9.50 Å². The number of fused-ring (bicyclic) bond motifs is 3. The van der Waals surface area contributed by atoms with Crippen LogP contribution < -0.4 is 9.64 Å². The van der Waals surface area contributed by atoms with E-state index in [0.29, 0.717) is 6.04 Å². The van der Waals surface area contributed by atoms with Crippen molar-refractivity contribution < 1.29 is 4.74 Å². The van der Waals surface area contributed by atoms with Gasteiger partial charge in [-0.3, -0.25) is 4.90 Å². The second kappa shape index (κ2) is 5.59. The summed E-state index contributed by atoms with van der Waals surface area (Å²) in [5.74, 6) is 1.80. The summed E-state index contributed by atoms with van der Waals surface area (Å²) in [7, 11) is 0. The number of hydrogen-bond acceptors (Lipinski definition) is 5. The van der Waals surface area contributed by atoms with Crippen LogP contribution >= 0.6 is 0 Å². The van der Waals surface area contributed by atoms with Gasteiger partial charge in [-0.1, -0.05) is 6.92 Å². The summed E-state index contributed by atoms with van der Waals surface area (Å²) >= 11 is 0. The van der Waals surface area contributed by atoms with E-state index < -0.39 is 0 Å². The van der Waals surface area contributed by atoms with Crippen LogP contribution in [0.1, 0.15) is 54.0 Å². The van der Waals surface area contributed by atoms with Crippen LogP contribution in [-0.4, -0.2) is 55.8 Å². The molecule has 1 fully saturated rings. The van der Waals surface area contributed by atoms with E-state index in [0.717, 1.165) is 36.7 Å². The van der Waals surface area contributed by atoms with Crippen molar-refractivity contribution in [2.45, 2.75) is 78.1 Å². The Morgan fingerprint density at radius 1 is 1.12 bits per heavy atom. The van der Waals surface area contributed by atoms with Crippen molar-refractivity contribution >= 4 is 11.5 Å². The highest BCUT2D eigenvalue weighted by Crippen LogP contribution is 2.42. The quantitative estimate of drug-likeness (QED) is 0.785. The van der Waals surface area contributed by atoms with Gasteiger partial charge in [-0.15, -0.1) is 0 Å². The number of likely N-dealkylation sites (tertiary alicyclic amines) is 1. The first-order valence-corrected chi connectivity index (χ1v) is 9.68. The molecule has 142 valence electrons. The van der Waals surface area contributed by atoms with Crippen molar-refractivity contribution in [3.05, 3.63) is 18.0 Å². The van der Waals surface area contributed by atoms with Gasteiger partial charge < -0.3 is 9.64 Å². The molecule has 2 unspecified atom stereocenters. The van der Waals surface area contributed by atoms with Crippen molar-refractivity contribution in [2.24, 2.45) is 0 Å². The molecule has 0 saturated carbocycles. The van der Waals surface area contributed by atoms with Gasteiger partial charge in [0.15, 0.2) is 17.2 Å². The largest absolute Gasteiger partial charge is 0.481 e. The number of anilines is 1. The van der Waals surface area contributed by atoms with Crippen molar-refractivity contribution in [3.63, 3.8) is 0 Å². The van der Waals surface area contributed by atoms with Crippen LogP contribution in [0.25, 0.3) is 5.65 Å². The number of nitrogens with zero attached hydrogens (tertiary/aromatic N) is 5. The highest BCUT2D eigenvalue weighted by atomic mass is 16.5. The van der Waals surface area contributed by atoms with Crippen LogP contribution in [0.3, 0.4) is 0 Å². The lowest BCUT2D eigenvalue weighted by Gasteiger charge is -2.46. The maximum atomic E-state index is 6.45. The fraction of sp³-hybridized carbons (Fsp3) is 0.700. The highest BCUT2D eigenvalue weighted by molar-refractivity contribution is 5.63. The normalized spacial score (nSPS) is 23.9. The third-order valence-corrected chi connectivity index (χ3v) is 5.64. The summed E-state index contributed by atoms with van der Waals surface area (Å²) in [6.07, 6.45) is 5.00. The maximum Gasteiger partial charge on any atom is 0.180 e. The molecule has 0 aromatic carbocycles. The molecule has 6 heteroatoms. The topological polar surface area (TPSA) is 45.9 Å². The van der Waals surface area contributed by atoms with Crippen molar-refractivity contribution in [1.82, 2.24) is 19.5 Å². The molecule has 2 atom stereocenters. The Bertz CT molecular complexity index is 829. The first kappa shape index (κ1) is 17.6.